The van der Waals surface area contributed by atoms with Crippen LogP contribution in [-0.4, -0.2) is 86.7 Å². The fourth-order valence-electron chi connectivity index (χ4n) is 3.58. The van der Waals surface area contributed by atoms with E-state index < -0.39 is 10.0 Å². The fourth-order valence-corrected chi connectivity index (χ4v) is 4.76. The summed E-state index contributed by atoms with van der Waals surface area (Å²) in [6.45, 7) is 7.56. The number of nitrogens with zero attached hydrogens (tertiary/aromatic N) is 3. The molecule has 2 heterocycles. The summed E-state index contributed by atoms with van der Waals surface area (Å²) in [7, 11) is -3.25. The molecule has 2 aliphatic rings. The molecule has 2 saturated heterocycles. The molecule has 1 unspecified atom stereocenters. The molecule has 8 heteroatoms. The van der Waals surface area contributed by atoms with Gasteiger partial charge in [0.25, 0.3) is 0 Å². The van der Waals surface area contributed by atoms with Crippen molar-refractivity contribution >= 4 is 16.1 Å². The number of carbonyl (C=O) groups is 1. The van der Waals surface area contributed by atoms with Gasteiger partial charge in [0.05, 0.1) is 6.26 Å². The second-order valence-corrected chi connectivity index (χ2v) is 8.83. The minimum absolute atomic E-state index is 0.0788. The topological polar surface area (TPSA) is 73.0 Å². The quantitative estimate of drug-likeness (QED) is 0.699. The Bertz CT molecular complexity index is 505. The molecule has 1 atom stereocenters. The monoisotopic (exact) mass is 360 g/mol. The Hall–Kier alpha value is -0.860. The van der Waals surface area contributed by atoms with Gasteiger partial charge in [-0.15, -0.1) is 0 Å². The van der Waals surface area contributed by atoms with E-state index in [0.29, 0.717) is 26.2 Å². The van der Waals surface area contributed by atoms with Crippen LogP contribution in [0.4, 0.5) is 4.79 Å². The maximum Gasteiger partial charge on any atom is 0.317 e. The SMILES string of the molecule is CCCNC(=O)N1CCC(N(CCCN2CCCC2)S(C)(=O)=O)C1. The van der Waals surface area contributed by atoms with Crippen molar-refractivity contribution in [2.24, 2.45) is 0 Å². The van der Waals surface area contributed by atoms with Gasteiger partial charge in [-0.05, 0) is 51.7 Å². The van der Waals surface area contributed by atoms with Gasteiger partial charge in [-0.3, -0.25) is 0 Å². The van der Waals surface area contributed by atoms with E-state index >= 15 is 0 Å². The molecular formula is C16H32N4O3S. The Balaban J connectivity index is 1.85. The van der Waals surface area contributed by atoms with Gasteiger partial charge < -0.3 is 15.1 Å². The van der Waals surface area contributed by atoms with Gasteiger partial charge in [0.1, 0.15) is 0 Å². The van der Waals surface area contributed by atoms with Crippen molar-refractivity contribution in [3.63, 3.8) is 0 Å². The van der Waals surface area contributed by atoms with Crippen LogP contribution < -0.4 is 5.32 Å². The molecule has 0 aliphatic carbocycles. The molecule has 0 spiro atoms. The van der Waals surface area contributed by atoms with Crippen LogP contribution in [0.25, 0.3) is 0 Å². The lowest BCUT2D eigenvalue weighted by atomic mass is 10.2. The molecule has 24 heavy (non-hydrogen) atoms. The third kappa shape index (κ3) is 5.60. The van der Waals surface area contributed by atoms with E-state index in [2.05, 4.69) is 10.2 Å². The van der Waals surface area contributed by atoms with Gasteiger partial charge in [0, 0.05) is 32.2 Å². The van der Waals surface area contributed by atoms with Crippen molar-refractivity contribution in [2.75, 3.05) is 52.1 Å². The first-order valence-electron chi connectivity index (χ1n) is 9.13. The molecule has 0 aromatic rings. The summed E-state index contributed by atoms with van der Waals surface area (Å²) in [5.74, 6) is 0. The van der Waals surface area contributed by atoms with E-state index in [0.717, 1.165) is 38.9 Å². The summed E-state index contributed by atoms with van der Waals surface area (Å²) in [5, 5.41) is 2.87. The summed E-state index contributed by atoms with van der Waals surface area (Å²) in [5.41, 5.74) is 0. The molecule has 2 fully saturated rings. The molecular weight excluding hydrogens is 328 g/mol. The van der Waals surface area contributed by atoms with Crippen LogP contribution in [0.5, 0.6) is 0 Å². The number of rotatable bonds is 8. The molecule has 7 nitrogen and oxygen atoms in total. The number of likely N-dealkylation sites (tertiary alicyclic amines) is 2. The minimum Gasteiger partial charge on any atom is -0.338 e. The molecule has 2 aliphatic heterocycles. The second kappa shape index (κ2) is 9.01. The Morgan fingerprint density at radius 1 is 1.25 bits per heavy atom. The highest BCUT2D eigenvalue weighted by Crippen LogP contribution is 2.19. The van der Waals surface area contributed by atoms with Gasteiger partial charge in [0.2, 0.25) is 10.0 Å². The number of nitrogens with one attached hydrogen (secondary N) is 1. The Kier molecular flexibility index (Phi) is 7.31. The van der Waals surface area contributed by atoms with Gasteiger partial charge in [-0.2, -0.15) is 4.31 Å². The minimum atomic E-state index is -3.25. The predicted molar refractivity (Wildman–Crippen MR) is 95.5 cm³/mol. The lowest BCUT2D eigenvalue weighted by Gasteiger charge is -2.27. The number of hydrogen-bond donors (Lipinski definition) is 1. The van der Waals surface area contributed by atoms with E-state index in [1.165, 1.54) is 19.1 Å². The van der Waals surface area contributed by atoms with Gasteiger partial charge in [-0.25, -0.2) is 13.2 Å². The number of carbonyl (C=O) groups excluding carboxylic acids is 1. The van der Waals surface area contributed by atoms with Gasteiger partial charge in [-0.1, -0.05) is 6.92 Å². The number of amides is 2. The van der Waals surface area contributed by atoms with Crippen LogP contribution in [0.2, 0.25) is 0 Å². The van der Waals surface area contributed by atoms with Crippen molar-refractivity contribution in [2.45, 2.75) is 45.1 Å². The first-order chi connectivity index (χ1) is 11.4. The van der Waals surface area contributed by atoms with E-state index in [9.17, 15) is 13.2 Å². The van der Waals surface area contributed by atoms with Crippen LogP contribution >= 0.6 is 0 Å². The van der Waals surface area contributed by atoms with Crippen molar-refractivity contribution in [3.8, 4) is 0 Å². The van der Waals surface area contributed by atoms with Crippen molar-refractivity contribution < 1.29 is 13.2 Å². The van der Waals surface area contributed by atoms with E-state index in [4.69, 9.17) is 0 Å². The first-order valence-corrected chi connectivity index (χ1v) is 11.0. The molecule has 0 radical (unpaired) electrons. The smallest absolute Gasteiger partial charge is 0.317 e. The lowest BCUT2D eigenvalue weighted by Crippen LogP contribution is -2.45. The summed E-state index contributed by atoms with van der Waals surface area (Å²) >= 11 is 0. The molecule has 140 valence electrons. The fraction of sp³-hybridized carbons (Fsp3) is 0.938. The predicted octanol–water partition coefficient (Wildman–Crippen LogP) is 0.928. The largest absolute Gasteiger partial charge is 0.338 e. The van der Waals surface area contributed by atoms with Crippen LogP contribution in [0.1, 0.15) is 39.0 Å². The van der Waals surface area contributed by atoms with Crippen LogP contribution in [0.3, 0.4) is 0 Å². The Labute approximate surface area is 146 Å². The van der Waals surface area contributed by atoms with Crippen LogP contribution in [0.15, 0.2) is 0 Å². The molecule has 2 rings (SSSR count). The number of sulfonamides is 1. The third-order valence-corrected chi connectivity index (χ3v) is 6.19. The third-order valence-electron chi connectivity index (χ3n) is 4.86. The Morgan fingerprint density at radius 2 is 1.96 bits per heavy atom. The lowest BCUT2D eigenvalue weighted by molar-refractivity contribution is 0.204. The normalized spacial score (nSPS) is 22.5. The maximum absolute atomic E-state index is 12.2. The second-order valence-electron chi connectivity index (χ2n) is 6.90. The highest BCUT2D eigenvalue weighted by atomic mass is 32.2. The maximum atomic E-state index is 12.2. The molecule has 0 aromatic carbocycles. The van der Waals surface area contributed by atoms with Crippen molar-refractivity contribution in [1.82, 2.24) is 19.4 Å². The summed E-state index contributed by atoms with van der Waals surface area (Å²) in [6.07, 6.45) is 6.25. The van der Waals surface area contributed by atoms with Crippen molar-refractivity contribution in [3.05, 3.63) is 0 Å². The van der Waals surface area contributed by atoms with Gasteiger partial charge >= 0.3 is 6.03 Å². The van der Waals surface area contributed by atoms with Crippen LogP contribution in [0, 0.1) is 0 Å². The average molecular weight is 361 g/mol. The first kappa shape index (κ1) is 19.5. The molecule has 0 saturated carbocycles. The molecule has 2 amide bonds. The van der Waals surface area contributed by atoms with Gasteiger partial charge in [0.15, 0.2) is 0 Å². The summed E-state index contributed by atoms with van der Waals surface area (Å²) in [4.78, 5) is 16.2. The average Bonchev–Trinajstić information content (AvgIpc) is 3.19. The summed E-state index contributed by atoms with van der Waals surface area (Å²) in [6, 6.07) is -0.171. The highest BCUT2D eigenvalue weighted by Gasteiger charge is 2.34. The summed E-state index contributed by atoms with van der Waals surface area (Å²) < 4.78 is 26.0. The van der Waals surface area contributed by atoms with E-state index in [1.807, 2.05) is 6.92 Å². The zero-order chi connectivity index (χ0) is 17.6. The highest BCUT2D eigenvalue weighted by molar-refractivity contribution is 7.88. The Morgan fingerprint density at radius 3 is 2.58 bits per heavy atom. The standard InChI is InChI=1S/C16H32N4O3S/c1-3-8-17-16(21)19-13-7-15(14-19)20(24(2,22)23)12-6-11-18-9-4-5-10-18/h15H,3-14H2,1-2H3,(H,17,21). The number of urea groups is 1. The molecule has 0 bridgehead atoms. The van der Waals surface area contributed by atoms with E-state index in [-0.39, 0.29) is 12.1 Å². The van der Waals surface area contributed by atoms with Crippen molar-refractivity contribution in [1.29, 1.82) is 0 Å². The number of hydrogen-bond acceptors (Lipinski definition) is 4. The van der Waals surface area contributed by atoms with Crippen LogP contribution in [-0.2, 0) is 10.0 Å². The van der Waals surface area contributed by atoms with E-state index in [1.54, 1.807) is 9.21 Å². The molecule has 0 aromatic heterocycles. The molecule has 1 N–H and O–H groups in total. The zero-order valence-corrected chi connectivity index (χ0v) is 15.9. The zero-order valence-electron chi connectivity index (χ0n) is 15.0.